The smallest absolute Gasteiger partial charge is 0.268 e. The zero-order valence-corrected chi connectivity index (χ0v) is 17.1. The van der Waals surface area contributed by atoms with Gasteiger partial charge < -0.3 is 15.3 Å². The fraction of sp³-hybridized carbons (Fsp3) is 0.0870. The Morgan fingerprint density at radius 2 is 1.77 bits per heavy atom. The van der Waals surface area contributed by atoms with Gasteiger partial charge in [-0.25, -0.2) is 12.4 Å². The number of hydrogen-bond acceptors (Lipinski definition) is 5. The number of rotatable bonds is 6. The molecule has 152 valence electrons. The van der Waals surface area contributed by atoms with Gasteiger partial charge in [0.15, 0.2) is 0 Å². The van der Waals surface area contributed by atoms with Gasteiger partial charge in [0.1, 0.15) is 12.0 Å². The molecule has 0 radical (unpaired) electrons. The predicted octanol–water partition coefficient (Wildman–Crippen LogP) is 3.88. The van der Waals surface area contributed by atoms with Gasteiger partial charge in [-0.2, -0.15) is 0 Å². The van der Waals surface area contributed by atoms with Gasteiger partial charge in [0.05, 0.1) is 23.2 Å². The number of nitrogens with two attached hydrogens (primary N) is 1. The van der Waals surface area contributed by atoms with Crippen LogP contribution >= 0.6 is 0 Å². The molecule has 0 unspecified atom stereocenters. The molecule has 30 heavy (non-hydrogen) atoms. The van der Waals surface area contributed by atoms with Crippen LogP contribution < -0.4 is 10.5 Å². The summed E-state index contributed by atoms with van der Waals surface area (Å²) in [6.45, 7) is 0. The number of nitrogen functional groups attached to an aromatic ring is 1. The van der Waals surface area contributed by atoms with Crippen LogP contribution in [-0.4, -0.2) is 25.8 Å². The second-order valence-electron chi connectivity index (χ2n) is 6.79. The van der Waals surface area contributed by atoms with E-state index < -0.39 is 10.0 Å². The second kappa shape index (κ2) is 7.68. The Bertz CT molecular complexity index is 1340. The van der Waals surface area contributed by atoms with Crippen LogP contribution in [0.15, 0.2) is 77.7 Å². The predicted molar refractivity (Wildman–Crippen MR) is 117 cm³/mol. The lowest BCUT2D eigenvalue weighted by atomic mass is 10.0. The number of aldehydes is 1. The standard InChI is InChI=1S/C23H20N2O4S/c1-29-18-10-11-21-17(14-18)15-22(23-16(12-13-26)6-5-9-20(23)24)25(21)30(27,28)19-7-3-2-4-8-19/h2-11,13-15H,12,24H2,1H3. The molecule has 2 N–H and O–H groups in total. The first-order valence-electron chi connectivity index (χ1n) is 9.29. The van der Waals surface area contributed by atoms with Crippen LogP contribution in [0.5, 0.6) is 5.75 Å². The third kappa shape index (κ3) is 3.23. The summed E-state index contributed by atoms with van der Waals surface area (Å²) in [6.07, 6.45) is 0.899. The third-order valence-corrected chi connectivity index (χ3v) is 6.73. The molecule has 0 saturated carbocycles. The van der Waals surface area contributed by atoms with E-state index in [0.29, 0.717) is 39.2 Å². The molecule has 0 aliphatic rings. The molecule has 1 heterocycles. The lowest BCUT2D eigenvalue weighted by molar-refractivity contribution is -0.107. The maximum atomic E-state index is 13.7. The molecule has 0 aliphatic carbocycles. The van der Waals surface area contributed by atoms with Gasteiger partial charge in [0, 0.05) is 23.1 Å². The number of fused-ring (bicyclic) bond motifs is 1. The van der Waals surface area contributed by atoms with E-state index in [1.54, 1.807) is 79.9 Å². The quantitative estimate of drug-likeness (QED) is 0.378. The summed E-state index contributed by atoms with van der Waals surface area (Å²) < 4.78 is 33.9. The number of carbonyl (C=O) groups is 1. The monoisotopic (exact) mass is 420 g/mol. The molecule has 0 bridgehead atoms. The van der Waals surface area contributed by atoms with Crippen LogP contribution in [0, 0.1) is 0 Å². The van der Waals surface area contributed by atoms with Crippen molar-refractivity contribution in [2.75, 3.05) is 12.8 Å². The van der Waals surface area contributed by atoms with E-state index in [1.807, 2.05) is 0 Å². The highest BCUT2D eigenvalue weighted by Gasteiger charge is 2.26. The Kier molecular flexibility index (Phi) is 5.05. The summed E-state index contributed by atoms with van der Waals surface area (Å²) in [5.74, 6) is 0.609. The van der Waals surface area contributed by atoms with E-state index in [2.05, 4.69) is 0 Å². The molecule has 3 aromatic carbocycles. The highest BCUT2D eigenvalue weighted by molar-refractivity contribution is 7.90. The summed E-state index contributed by atoms with van der Waals surface area (Å²) in [7, 11) is -2.38. The summed E-state index contributed by atoms with van der Waals surface area (Å²) in [5, 5.41) is 0.684. The van der Waals surface area contributed by atoms with E-state index in [1.165, 1.54) is 3.97 Å². The van der Waals surface area contributed by atoms with Gasteiger partial charge >= 0.3 is 0 Å². The molecule has 0 fully saturated rings. The molecular formula is C23H20N2O4S. The highest BCUT2D eigenvalue weighted by atomic mass is 32.2. The number of benzene rings is 3. The lowest BCUT2D eigenvalue weighted by Gasteiger charge is -2.16. The average Bonchev–Trinajstić information content (AvgIpc) is 3.13. The van der Waals surface area contributed by atoms with Crippen LogP contribution in [0.3, 0.4) is 0 Å². The van der Waals surface area contributed by atoms with Gasteiger partial charge in [0.25, 0.3) is 10.0 Å². The molecule has 0 spiro atoms. The number of anilines is 1. The van der Waals surface area contributed by atoms with Crippen molar-refractivity contribution in [1.29, 1.82) is 0 Å². The third-order valence-electron chi connectivity index (χ3n) is 4.99. The van der Waals surface area contributed by atoms with E-state index >= 15 is 0 Å². The van der Waals surface area contributed by atoms with Crippen LogP contribution in [0.1, 0.15) is 5.56 Å². The number of nitrogens with zero attached hydrogens (tertiary/aromatic N) is 1. The zero-order valence-electron chi connectivity index (χ0n) is 16.3. The Hall–Kier alpha value is -3.58. The number of hydrogen-bond donors (Lipinski definition) is 1. The van der Waals surface area contributed by atoms with Crippen molar-refractivity contribution in [1.82, 2.24) is 3.97 Å². The molecule has 4 aromatic rings. The van der Waals surface area contributed by atoms with Gasteiger partial charge in [-0.1, -0.05) is 30.3 Å². The number of ether oxygens (including phenoxy) is 1. The van der Waals surface area contributed by atoms with Crippen molar-refractivity contribution in [2.24, 2.45) is 0 Å². The first kappa shape index (κ1) is 19.7. The minimum atomic E-state index is -3.94. The van der Waals surface area contributed by atoms with Crippen molar-refractivity contribution in [3.05, 3.63) is 78.4 Å². The van der Waals surface area contributed by atoms with Crippen molar-refractivity contribution in [3.63, 3.8) is 0 Å². The first-order valence-corrected chi connectivity index (χ1v) is 10.7. The van der Waals surface area contributed by atoms with E-state index in [9.17, 15) is 13.2 Å². The Labute approximate surface area is 174 Å². The number of aromatic nitrogens is 1. The molecule has 0 atom stereocenters. The number of carbonyl (C=O) groups excluding carboxylic acids is 1. The normalized spacial score (nSPS) is 11.5. The fourth-order valence-electron chi connectivity index (χ4n) is 3.62. The average molecular weight is 420 g/mol. The van der Waals surface area contributed by atoms with Crippen LogP contribution in [0.4, 0.5) is 5.69 Å². The van der Waals surface area contributed by atoms with Crippen LogP contribution in [0.2, 0.25) is 0 Å². The first-order chi connectivity index (χ1) is 14.5. The Morgan fingerprint density at radius 3 is 2.47 bits per heavy atom. The van der Waals surface area contributed by atoms with Gasteiger partial charge in [-0.15, -0.1) is 0 Å². The maximum absolute atomic E-state index is 13.7. The molecule has 6 nitrogen and oxygen atoms in total. The zero-order chi connectivity index (χ0) is 21.3. The molecular weight excluding hydrogens is 400 g/mol. The molecule has 4 rings (SSSR count). The van der Waals surface area contributed by atoms with Crippen molar-refractivity contribution < 1.29 is 17.9 Å². The summed E-state index contributed by atoms with van der Waals surface area (Å²) in [6, 6.07) is 20.4. The van der Waals surface area contributed by atoms with Crippen molar-refractivity contribution in [2.45, 2.75) is 11.3 Å². The Balaban J connectivity index is 2.11. The molecule has 7 heteroatoms. The van der Waals surface area contributed by atoms with E-state index in [4.69, 9.17) is 10.5 Å². The van der Waals surface area contributed by atoms with E-state index in [-0.39, 0.29) is 11.3 Å². The molecule has 0 aliphatic heterocycles. The molecule has 1 aromatic heterocycles. The highest BCUT2D eigenvalue weighted by Crippen LogP contribution is 2.38. The second-order valence-corrected chi connectivity index (χ2v) is 8.58. The minimum absolute atomic E-state index is 0.122. The van der Waals surface area contributed by atoms with Crippen molar-refractivity contribution >= 4 is 32.9 Å². The lowest BCUT2D eigenvalue weighted by Crippen LogP contribution is -2.15. The Morgan fingerprint density at radius 1 is 1.00 bits per heavy atom. The van der Waals surface area contributed by atoms with Gasteiger partial charge in [0.2, 0.25) is 0 Å². The summed E-state index contributed by atoms with van der Waals surface area (Å²) in [4.78, 5) is 11.4. The van der Waals surface area contributed by atoms with Gasteiger partial charge in [-0.05, 0) is 48.0 Å². The number of methoxy groups -OCH3 is 1. The van der Waals surface area contributed by atoms with Gasteiger partial charge in [-0.3, -0.25) is 0 Å². The largest absolute Gasteiger partial charge is 0.497 e. The maximum Gasteiger partial charge on any atom is 0.268 e. The minimum Gasteiger partial charge on any atom is -0.497 e. The van der Waals surface area contributed by atoms with E-state index in [0.717, 1.165) is 6.29 Å². The molecule has 0 saturated heterocycles. The summed E-state index contributed by atoms with van der Waals surface area (Å²) >= 11 is 0. The topological polar surface area (TPSA) is 91.4 Å². The van der Waals surface area contributed by atoms with Crippen molar-refractivity contribution in [3.8, 4) is 17.0 Å². The SMILES string of the molecule is COc1ccc2c(c1)cc(-c1c(N)cccc1CC=O)n2S(=O)(=O)c1ccccc1. The van der Waals surface area contributed by atoms with Crippen LogP contribution in [-0.2, 0) is 21.2 Å². The molecule has 0 amide bonds. The summed E-state index contributed by atoms with van der Waals surface area (Å²) in [5.41, 5.74) is 8.74. The fourth-order valence-corrected chi connectivity index (χ4v) is 5.16. The van der Waals surface area contributed by atoms with Crippen LogP contribution in [0.25, 0.3) is 22.2 Å².